The zero-order valence-electron chi connectivity index (χ0n) is 17.6. The van der Waals surface area contributed by atoms with Gasteiger partial charge in [0.1, 0.15) is 11.4 Å². The molecule has 3 aromatic rings. The van der Waals surface area contributed by atoms with Crippen LogP contribution in [-0.2, 0) is 17.7 Å². The number of aryl methyl sites for hydroxylation is 1. The molecule has 0 fully saturated rings. The quantitative estimate of drug-likeness (QED) is 0.556. The van der Waals surface area contributed by atoms with E-state index in [1.54, 1.807) is 18.7 Å². The predicted octanol–water partition coefficient (Wildman–Crippen LogP) is 3.19. The van der Waals surface area contributed by atoms with Crippen LogP contribution in [0.1, 0.15) is 51.1 Å². The van der Waals surface area contributed by atoms with Gasteiger partial charge in [0.2, 0.25) is 0 Å². The molecule has 2 N–H and O–H groups in total. The number of aromatic amines is 1. The van der Waals surface area contributed by atoms with Crippen LogP contribution in [0.2, 0.25) is 0 Å². The normalized spacial score (nSPS) is 10.7. The van der Waals surface area contributed by atoms with Crippen molar-refractivity contribution in [1.29, 1.82) is 0 Å². The number of hydrogen-bond donors (Lipinski definition) is 2. The molecule has 0 spiro atoms. The first kappa shape index (κ1) is 21.2. The molecule has 1 aromatic carbocycles. The molecule has 0 radical (unpaired) electrons. The van der Waals surface area contributed by atoms with Gasteiger partial charge in [-0.2, -0.15) is 5.10 Å². The maximum atomic E-state index is 12.8. The highest BCUT2D eigenvalue weighted by atomic mass is 16.5. The number of nitrogens with zero attached hydrogens (tertiary/aromatic N) is 2. The molecule has 3 rings (SSSR count). The SMILES string of the molecule is CCCc1c(C(=O)NCc2ccn(-c3ccc(OC)cc3)n2)[nH]c(C)c1C(=O)OC. The Kier molecular flexibility index (Phi) is 6.56. The molecule has 0 unspecified atom stereocenters. The monoisotopic (exact) mass is 410 g/mol. The van der Waals surface area contributed by atoms with Crippen LogP contribution in [-0.4, -0.2) is 40.9 Å². The number of hydrogen-bond acceptors (Lipinski definition) is 5. The number of methoxy groups -OCH3 is 2. The maximum absolute atomic E-state index is 12.8. The largest absolute Gasteiger partial charge is 0.497 e. The second-order valence-corrected chi connectivity index (χ2v) is 6.85. The van der Waals surface area contributed by atoms with Crippen LogP contribution in [0.15, 0.2) is 36.5 Å². The second-order valence-electron chi connectivity index (χ2n) is 6.85. The van der Waals surface area contributed by atoms with Crippen LogP contribution in [0.3, 0.4) is 0 Å². The fraction of sp³-hybridized carbons (Fsp3) is 0.318. The number of carbonyl (C=O) groups is 2. The lowest BCUT2D eigenvalue weighted by atomic mass is 10.0. The van der Waals surface area contributed by atoms with Crippen molar-refractivity contribution >= 4 is 11.9 Å². The molecule has 0 aliphatic rings. The average molecular weight is 410 g/mol. The van der Waals surface area contributed by atoms with Crippen molar-refractivity contribution in [3.05, 3.63) is 64.7 Å². The van der Waals surface area contributed by atoms with Gasteiger partial charge >= 0.3 is 5.97 Å². The smallest absolute Gasteiger partial charge is 0.339 e. The summed E-state index contributed by atoms with van der Waals surface area (Å²) >= 11 is 0. The van der Waals surface area contributed by atoms with E-state index in [4.69, 9.17) is 9.47 Å². The van der Waals surface area contributed by atoms with E-state index < -0.39 is 5.97 Å². The number of benzene rings is 1. The molecule has 2 heterocycles. The first-order valence-electron chi connectivity index (χ1n) is 9.75. The van der Waals surface area contributed by atoms with Gasteiger partial charge in [-0.15, -0.1) is 0 Å². The van der Waals surface area contributed by atoms with E-state index in [1.807, 2.05) is 43.5 Å². The average Bonchev–Trinajstić information content (AvgIpc) is 3.36. The van der Waals surface area contributed by atoms with Crippen LogP contribution in [0, 0.1) is 6.92 Å². The second kappa shape index (κ2) is 9.30. The van der Waals surface area contributed by atoms with E-state index in [0.29, 0.717) is 34.6 Å². The summed E-state index contributed by atoms with van der Waals surface area (Å²) < 4.78 is 11.8. The summed E-state index contributed by atoms with van der Waals surface area (Å²) in [6.07, 6.45) is 3.23. The van der Waals surface area contributed by atoms with Crippen molar-refractivity contribution in [3.63, 3.8) is 0 Å². The molecule has 8 heteroatoms. The van der Waals surface area contributed by atoms with Crippen molar-refractivity contribution in [1.82, 2.24) is 20.1 Å². The lowest BCUT2D eigenvalue weighted by molar-refractivity contribution is 0.0599. The Morgan fingerprint density at radius 1 is 1.17 bits per heavy atom. The predicted molar refractivity (Wildman–Crippen MR) is 112 cm³/mol. The summed E-state index contributed by atoms with van der Waals surface area (Å²) in [5.41, 5.74) is 3.74. The van der Waals surface area contributed by atoms with Crippen LogP contribution in [0.4, 0.5) is 0 Å². The van der Waals surface area contributed by atoms with Crippen LogP contribution >= 0.6 is 0 Å². The van der Waals surface area contributed by atoms with Gasteiger partial charge in [0.05, 0.1) is 37.7 Å². The van der Waals surface area contributed by atoms with Crippen LogP contribution in [0.25, 0.3) is 5.69 Å². The fourth-order valence-corrected chi connectivity index (χ4v) is 3.34. The summed E-state index contributed by atoms with van der Waals surface area (Å²) in [7, 11) is 2.96. The minimum absolute atomic E-state index is 0.263. The van der Waals surface area contributed by atoms with Gasteiger partial charge in [0.25, 0.3) is 5.91 Å². The molecule has 0 saturated carbocycles. The van der Waals surface area contributed by atoms with Crippen molar-refractivity contribution in [3.8, 4) is 11.4 Å². The third-order valence-electron chi connectivity index (χ3n) is 4.82. The molecule has 0 atom stereocenters. The number of carbonyl (C=O) groups excluding carboxylic acids is 2. The van der Waals surface area contributed by atoms with Gasteiger partial charge in [0, 0.05) is 11.9 Å². The highest BCUT2D eigenvalue weighted by molar-refractivity contribution is 6.00. The summed E-state index contributed by atoms with van der Waals surface area (Å²) in [4.78, 5) is 28.0. The van der Waals surface area contributed by atoms with Crippen molar-refractivity contribution in [2.45, 2.75) is 33.2 Å². The molecule has 2 aromatic heterocycles. The Bertz CT molecular complexity index is 1030. The van der Waals surface area contributed by atoms with Gasteiger partial charge in [-0.1, -0.05) is 13.3 Å². The maximum Gasteiger partial charge on any atom is 0.339 e. The van der Waals surface area contributed by atoms with E-state index in [9.17, 15) is 9.59 Å². The Morgan fingerprint density at radius 3 is 2.53 bits per heavy atom. The van der Waals surface area contributed by atoms with E-state index in [1.165, 1.54) is 7.11 Å². The number of aromatic nitrogens is 3. The lowest BCUT2D eigenvalue weighted by Crippen LogP contribution is -2.24. The number of ether oxygens (including phenoxy) is 2. The van der Waals surface area contributed by atoms with Crippen LogP contribution < -0.4 is 10.1 Å². The number of rotatable bonds is 8. The van der Waals surface area contributed by atoms with E-state index in [-0.39, 0.29) is 12.5 Å². The minimum atomic E-state index is -0.440. The van der Waals surface area contributed by atoms with E-state index in [2.05, 4.69) is 15.4 Å². The number of esters is 1. The first-order valence-corrected chi connectivity index (χ1v) is 9.75. The van der Waals surface area contributed by atoms with Crippen molar-refractivity contribution in [2.24, 2.45) is 0 Å². The third kappa shape index (κ3) is 4.37. The summed E-state index contributed by atoms with van der Waals surface area (Å²) in [5, 5.41) is 7.38. The minimum Gasteiger partial charge on any atom is -0.497 e. The highest BCUT2D eigenvalue weighted by Gasteiger charge is 2.24. The fourth-order valence-electron chi connectivity index (χ4n) is 3.34. The summed E-state index contributed by atoms with van der Waals surface area (Å²) in [6, 6.07) is 9.38. The van der Waals surface area contributed by atoms with Crippen molar-refractivity contribution in [2.75, 3.05) is 14.2 Å². The molecule has 0 saturated heterocycles. The Labute approximate surface area is 175 Å². The Hall–Kier alpha value is -3.55. The van der Waals surface area contributed by atoms with Gasteiger partial charge in [-0.05, 0) is 49.2 Å². The Balaban J connectivity index is 1.73. The highest BCUT2D eigenvalue weighted by Crippen LogP contribution is 2.22. The van der Waals surface area contributed by atoms with E-state index >= 15 is 0 Å². The summed E-state index contributed by atoms with van der Waals surface area (Å²) in [6.45, 7) is 4.02. The standard InChI is InChI=1S/C22H26N4O4/c1-5-6-18-19(22(28)30-4)14(2)24-20(18)21(27)23-13-15-11-12-26(25-15)16-7-9-17(29-3)10-8-16/h7-12,24H,5-6,13H2,1-4H3,(H,23,27). The molecule has 0 aliphatic heterocycles. The first-order chi connectivity index (χ1) is 14.5. The van der Waals surface area contributed by atoms with Gasteiger partial charge in [0.15, 0.2) is 0 Å². The molecule has 8 nitrogen and oxygen atoms in total. The molecular formula is C22H26N4O4. The molecular weight excluding hydrogens is 384 g/mol. The lowest BCUT2D eigenvalue weighted by Gasteiger charge is -2.07. The number of nitrogens with one attached hydrogen (secondary N) is 2. The number of amides is 1. The third-order valence-corrected chi connectivity index (χ3v) is 4.82. The zero-order valence-corrected chi connectivity index (χ0v) is 17.6. The van der Waals surface area contributed by atoms with Gasteiger partial charge < -0.3 is 19.8 Å². The zero-order chi connectivity index (χ0) is 21.7. The molecule has 30 heavy (non-hydrogen) atoms. The van der Waals surface area contributed by atoms with Crippen molar-refractivity contribution < 1.29 is 19.1 Å². The Morgan fingerprint density at radius 2 is 1.90 bits per heavy atom. The molecule has 158 valence electrons. The molecule has 0 aliphatic carbocycles. The molecule has 1 amide bonds. The van der Waals surface area contributed by atoms with Gasteiger partial charge in [-0.25, -0.2) is 9.48 Å². The van der Waals surface area contributed by atoms with Gasteiger partial charge in [-0.3, -0.25) is 4.79 Å². The molecule has 0 bridgehead atoms. The van der Waals surface area contributed by atoms with E-state index in [0.717, 1.165) is 17.9 Å². The topological polar surface area (TPSA) is 98.2 Å². The summed E-state index contributed by atoms with van der Waals surface area (Å²) in [5.74, 6) is 0.0500. The van der Waals surface area contributed by atoms with Crippen LogP contribution in [0.5, 0.6) is 5.75 Å². The number of H-pyrrole nitrogens is 1.